The summed E-state index contributed by atoms with van der Waals surface area (Å²) in [6, 6.07) is 8.60. The lowest BCUT2D eigenvalue weighted by molar-refractivity contribution is 0.597. The molecule has 3 rings (SSSR count). The van der Waals surface area contributed by atoms with Crippen LogP contribution in [0.25, 0.3) is 10.9 Å². The van der Waals surface area contributed by atoms with Crippen molar-refractivity contribution < 1.29 is 8.78 Å². The Morgan fingerprint density at radius 3 is 2.57 bits per heavy atom. The highest BCUT2D eigenvalue weighted by atomic mass is 19.1. The molecule has 0 saturated carbocycles. The van der Waals surface area contributed by atoms with Crippen molar-refractivity contribution in [3.63, 3.8) is 0 Å². The molecular weight excluding hydrogens is 276 g/mol. The number of fused-ring (bicyclic) bond motifs is 1. The van der Waals surface area contributed by atoms with Crippen LogP contribution in [-0.2, 0) is 7.05 Å². The molecule has 0 amide bonds. The van der Waals surface area contributed by atoms with Gasteiger partial charge in [0.05, 0.1) is 5.52 Å². The quantitative estimate of drug-likeness (QED) is 0.788. The molecule has 0 bridgehead atoms. The molecule has 0 fully saturated rings. The summed E-state index contributed by atoms with van der Waals surface area (Å²) in [5, 5.41) is 3.52. The summed E-state index contributed by atoms with van der Waals surface area (Å²) in [7, 11) is 1.50. The molecule has 4 nitrogen and oxygen atoms in total. The maximum atomic E-state index is 13.4. The second kappa shape index (κ2) is 4.97. The topological polar surface area (TPSA) is 46.9 Å². The number of nitrogens with zero attached hydrogens (tertiary/aromatic N) is 2. The Morgan fingerprint density at radius 2 is 1.86 bits per heavy atom. The third kappa shape index (κ3) is 2.47. The second-order valence-electron chi connectivity index (χ2n) is 4.62. The van der Waals surface area contributed by atoms with Crippen molar-refractivity contribution in [2.45, 2.75) is 0 Å². The summed E-state index contributed by atoms with van der Waals surface area (Å²) < 4.78 is 27.5. The second-order valence-corrected chi connectivity index (χ2v) is 4.62. The average Bonchev–Trinajstić information content (AvgIpc) is 2.48. The van der Waals surface area contributed by atoms with Gasteiger partial charge < -0.3 is 9.88 Å². The first-order valence-electron chi connectivity index (χ1n) is 6.22. The largest absolute Gasteiger partial charge is 0.340 e. The van der Waals surface area contributed by atoms with Crippen LogP contribution in [0, 0.1) is 11.6 Å². The Hall–Kier alpha value is -2.76. The van der Waals surface area contributed by atoms with E-state index in [1.165, 1.54) is 29.9 Å². The Morgan fingerprint density at radius 1 is 1.14 bits per heavy atom. The number of hydrogen-bond donors (Lipinski definition) is 1. The molecule has 3 aromatic rings. The Bertz CT molecular complexity index is 872. The van der Waals surface area contributed by atoms with Gasteiger partial charge in [-0.25, -0.2) is 13.8 Å². The fraction of sp³-hybridized carbons (Fsp3) is 0.0667. The highest BCUT2D eigenvalue weighted by Crippen LogP contribution is 2.19. The van der Waals surface area contributed by atoms with Gasteiger partial charge in [-0.15, -0.1) is 0 Å². The number of nitrogens with one attached hydrogen (secondary N) is 1. The van der Waals surface area contributed by atoms with Gasteiger partial charge in [-0.3, -0.25) is 4.79 Å². The highest BCUT2D eigenvalue weighted by Gasteiger charge is 2.07. The Balaban J connectivity index is 2.05. The summed E-state index contributed by atoms with van der Waals surface area (Å²) in [5.74, 6) is -0.661. The van der Waals surface area contributed by atoms with Crippen molar-refractivity contribution >= 4 is 22.4 Å². The predicted octanol–water partition coefficient (Wildman–Crippen LogP) is 2.96. The van der Waals surface area contributed by atoms with Crippen LogP contribution < -0.4 is 10.9 Å². The molecule has 2 heterocycles. The minimum Gasteiger partial charge on any atom is -0.340 e. The smallest absolute Gasteiger partial charge is 0.286 e. The Labute approximate surface area is 118 Å². The van der Waals surface area contributed by atoms with E-state index in [1.54, 1.807) is 18.2 Å². The van der Waals surface area contributed by atoms with Crippen LogP contribution in [0.1, 0.15) is 0 Å². The molecule has 1 N–H and O–H groups in total. The van der Waals surface area contributed by atoms with Crippen LogP contribution in [-0.4, -0.2) is 9.55 Å². The molecule has 0 spiro atoms. The van der Waals surface area contributed by atoms with Crippen molar-refractivity contribution in [1.82, 2.24) is 9.55 Å². The van der Waals surface area contributed by atoms with E-state index in [9.17, 15) is 13.6 Å². The minimum atomic E-state index is -0.814. The molecule has 0 unspecified atom stereocenters. The first-order valence-corrected chi connectivity index (χ1v) is 6.22. The van der Waals surface area contributed by atoms with Crippen molar-refractivity contribution in [3.8, 4) is 0 Å². The van der Waals surface area contributed by atoms with Crippen molar-refractivity contribution in [2.75, 3.05) is 5.32 Å². The zero-order valence-electron chi connectivity index (χ0n) is 11.1. The fourth-order valence-corrected chi connectivity index (χ4v) is 2.07. The predicted molar refractivity (Wildman–Crippen MR) is 76.6 cm³/mol. The number of rotatable bonds is 2. The first kappa shape index (κ1) is 13.2. The van der Waals surface area contributed by atoms with Crippen molar-refractivity contribution in [2.24, 2.45) is 7.05 Å². The van der Waals surface area contributed by atoms with Gasteiger partial charge in [0.2, 0.25) is 0 Å². The normalized spacial score (nSPS) is 10.8. The van der Waals surface area contributed by atoms with Crippen molar-refractivity contribution in [1.29, 1.82) is 0 Å². The molecule has 0 aliphatic heterocycles. The van der Waals surface area contributed by atoms with Gasteiger partial charge in [0, 0.05) is 30.4 Å². The van der Waals surface area contributed by atoms with Crippen LogP contribution in [0.3, 0.4) is 0 Å². The molecule has 0 saturated heterocycles. The van der Waals surface area contributed by atoms with E-state index in [0.717, 1.165) is 6.07 Å². The van der Waals surface area contributed by atoms with Gasteiger partial charge in [0.1, 0.15) is 11.6 Å². The molecule has 1 aromatic carbocycles. The van der Waals surface area contributed by atoms with Crippen LogP contribution in [0.5, 0.6) is 0 Å². The van der Waals surface area contributed by atoms with E-state index < -0.39 is 11.4 Å². The number of anilines is 2. The van der Waals surface area contributed by atoms with Gasteiger partial charge in [-0.2, -0.15) is 0 Å². The zero-order chi connectivity index (χ0) is 15.0. The van der Waals surface area contributed by atoms with Crippen LogP contribution in [0.2, 0.25) is 0 Å². The minimum absolute atomic E-state index is 0.329. The van der Waals surface area contributed by atoms with Gasteiger partial charge in [-0.1, -0.05) is 0 Å². The average molecular weight is 287 g/mol. The molecule has 6 heteroatoms. The standard InChI is InChI=1S/C15H11F2N3O/c1-20-13-7-14(19-11-4-2-10(16)3-5-11)18-8-9(13)6-12(17)15(20)21/h2-8H,1H3,(H,18,19). The zero-order valence-corrected chi connectivity index (χ0v) is 11.1. The number of pyridine rings is 2. The van der Waals surface area contributed by atoms with E-state index >= 15 is 0 Å². The van der Waals surface area contributed by atoms with Gasteiger partial charge in [-0.05, 0) is 30.3 Å². The number of aryl methyl sites for hydroxylation is 1. The van der Waals surface area contributed by atoms with Gasteiger partial charge in [0.25, 0.3) is 5.56 Å². The number of benzene rings is 1. The maximum Gasteiger partial charge on any atom is 0.286 e. The summed E-state index contributed by atoms with van der Waals surface area (Å²) >= 11 is 0. The van der Waals surface area contributed by atoms with Crippen LogP contribution in [0.4, 0.5) is 20.3 Å². The van der Waals surface area contributed by atoms with Gasteiger partial charge >= 0.3 is 0 Å². The molecule has 21 heavy (non-hydrogen) atoms. The summed E-state index contributed by atoms with van der Waals surface area (Å²) in [4.78, 5) is 15.7. The summed E-state index contributed by atoms with van der Waals surface area (Å²) in [6.07, 6.45) is 1.48. The number of aromatic nitrogens is 2. The van der Waals surface area contributed by atoms with E-state index in [-0.39, 0.29) is 5.82 Å². The molecule has 0 atom stereocenters. The maximum absolute atomic E-state index is 13.4. The molecular formula is C15H11F2N3O. The highest BCUT2D eigenvalue weighted by molar-refractivity contribution is 5.81. The third-order valence-electron chi connectivity index (χ3n) is 3.18. The van der Waals surface area contributed by atoms with E-state index in [2.05, 4.69) is 10.3 Å². The van der Waals surface area contributed by atoms with E-state index in [4.69, 9.17) is 0 Å². The lowest BCUT2D eigenvalue weighted by atomic mass is 10.2. The Kier molecular flexibility index (Phi) is 3.13. The summed E-state index contributed by atoms with van der Waals surface area (Å²) in [5.41, 5.74) is 0.526. The third-order valence-corrected chi connectivity index (χ3v) is 3.18. The summed E-state index contributed by atoms with van der Waals surface area (Å²) in [6.45, 7) is 0. The van der Waals surface area contributed by atoms with E-state index in [0.29, 0.717) is 22.4 Å². The fourth-order valence-electron chi connectivity index (χ4n) is 2.07. The SMILES string of the molecule is Cn1c(=O)c(F)cc2cnc(Nc3ccc(F)cc3)cc21. The molecule has 0 aliphatic carbocycles. The molecule has 106 valence electrons. The van der Waals surface area contributed by atoms with Crippen LogP contribution in [0.15, 0.2) is 47.4 Å². The van der Waals surface area contributed by atoms with Crippen molar-refractivity contribution in [3.05, 3.63) is 64.6 Å². The van der Waals surface area contributed by atoms with E-state index in [1.807, 2.05) is 0 Å². The monoisotopic (exact) mass is 287 g/mol. The first-order chi connectivity index (χ1) is 10.0. The number of hydrogen-bond acceptors (Lipinski definition) is 3. The molecule has 2 aromatic heterocycles. The lowest BCUT2D eigenvalue weighted by Gasteiger charge is -2.09. The van der Waals surface area contributed by atoms with Crippen LogP contribution >= 0.6 is 0 Å². The number of halogens is 2. The molecule has 0 radical (unpaired) electrons. The molecule has 0 aliphatic rings. The lowest BCUT2D eigenvalue weighted by Crippen LogP contribution is -2.20. The van der Waals surface area contributed by atoms with Gasteiger partial charge in [0.15, 0.2) is 5.82 Å².